The van der Waals surface area contributed by atoms with Gasteiger partial charge in [0.1, 0.15) is 0 Å². The Kier molecular flexibility index (Phi) is 3.55. The van der Waals surface area contributed by atoms with E-state index in [0.717, 1.165) is 13.0 Å². The second-order valence-corrected chi connectivity index (χ2v) is 8.48. The van der Waals surface area contributed by atoms with Crippen molar-refractivity contribution in [1.29, 1.82) is 0 Å². The molecule has 0 aromatic carbocycles. The predicted octanol–water partition coefficient (Wildman–Crippen LogP) is -0.0746. The van der Waals surface area contributed by atoms with Gasteiger partial charge in [-0.3, -0.25) is 4.79 Å². The second kappa shape index (κ2) is 5.05. The Balaban J connectivity index is 1.49. The van der Waals surface area contributed by atoms with Crippen LogP contribution in [0, 0.1) is 17.8 Å². The maximum atomic E-state index is 12.2. The number of amides is 1. The van der Waals surface area contributed by atoms with Crippen LogP contribution in [-0.2, 0) is 14.6 Å². The highest BCUT2D eigenvalue weighted by molar-refractivity contribution is 7.91. The van der Waals surface area contributed by atoms with Crippen LogP contribution in [0.25, 0.3) is 0 Å². The molecule has 108 valence electrons. The van der Waals surface area contributed by atoms with Gasteiger partial charge in [-0.15, -0.1) is 0 Å². The highest BCUT2D eigenvalue weighted by Gasteiger charge is 2.42. The Morgan fingerprint density at radius 2 is 2.11 bits per heavy atom. The Bertz CT molecular complexity index is 463. The fraction of sp³-hybridized carbons (Fsp3) is 0.923. The molecule has 3 rings (SSSR count). The molecule has 2 saturated heterocycles. The average molecular weight is 286 g/mol. The normalized spacial score (nSPS) is 40.2. The van der Waals surface area contributed by atoms with Gasteiger partial charge in [0.2, 0.25) is 5.91 Å². The summed E-state index contributed by atoms with van der Waals surface area (Å²) >= 11 is 0. The highest BCUT2D eigenvalue weighted by Crippen LogP contribution is 2.37. The van der Waals surface area contributed by atoms with Crippen molar-refractivity contribution in [3.05, 3.63) is 0 Å². The van der Waals surface area contributed by atoms with Gasteiger partial charge in [0.25, 0.3) is 0 Å². The average Bonchev–Trinajstić information content (AvgIpc) is 3.00. The molecule has 1 aliphatic carbocycles. The van der Waals surface area contributed by atoms with Crippen molar-refractivity contribution in [2.45, 2.75) is 31.7 Å². The van der Waals surface area contributed by atoms with Crippen molar-refractivity contribution >= 4 is 15.7 Å². The van der Waals surface area contributed by atoms with Gasteiger partial charge < -0.3 is 10.6 Å². The van der Waals surface area contributed by atoms with Crippen LogP contribution in [-0.4, -0.2) is 45.0 Å². The molecule has 1 saturated carbocycles. The zero-order chi connectivity index (χ0) is 13.5. The van der Waals surface area contributed by atoms with Gasteiger partial charge >= 0.3 is 0 Å². The minimum atomic E-state index is -2.84. The summed E-state index contributed by atoms with van der Waals surface area (Å²) in [5, 5.41) is 6.27. The minimum absolute atomic E-state index is 0.0505. The molecule has 19 heavy (non-hydrogen) atoms. The molecule has 3 aliphatic rings. The first kappa shape index (κ1) is 13.4. The SMILES string of the molecule is O=C(NCC1CCS(=O)(=O)C1)C1NCC2CCCC21. The molecule has 4 atom stereocenters. The number of rotatable bonds is 3. The van der Waals surface area contributed by atoms with Crippen LogP contribution in [0.5, 0.6) is 0 Å². The Morgan fingerprint density at radius 3 is 2.84 bits per heavy atom. The molecule has 2 N–H and O–H groups in total. The molecule has 5 nitrogen and oxygen atoms in total. The maximum Gasteiger partial charge on any atom is 0.237 e. The lowest BCUT2D eigenvalue weighted by atomic mass is 9.93. The van der Waals surface area contributed by atoms with Crippen molar-refractivity contribution in [3.8, 4) is 0 Å². The first-order valence-corrected chi connectivity index (χ1v) is 9.09. The molecule has 0 aromatic heterocycles. The molecule has 4 unspecified atom stereocenters. The van der Waals surface area contributed by atoms with Gasteiger partial charge in [-0.05, 0) is 43.6 Å². The molecule has 3 fully saturated rings. The smallest absolute Gasteiger partial charge is 0.237 e. The lowest BCUT2D eigenvalue weighted by Crippen LogP contribution is -2.45. The van der Waals surface area contributed by atoms with Crippen molar-refractivity contribution in [2.75, 3.05) is 24.6 Å². The number of hydrogen-bond acceptors (Lipinski definition) is 4. The predicted molar refractivity (Wildman–Crippen MR) is 72.4 cm³/mol. The van der Waals surface area contributed by atoms with E-state index < -0.39 is 9.84 Å². The van der Waals surface area contributed by atoms with Crippen molar-refractivity contribution in [2.24, 2.45) is 17.8 Å². The standard InChI is InChI=1S/C13H22N2O3S/c16-13(12-11-3-1-2-10(11)7-14-12)15-6-9-4-5-19(17,18)8-9/h9-12,14H,1-8H2,(H,15,16). The fourth-order valence-electron chi connectivity index (χ4n) is 3.86. The maximum absolute atomic E-state index is 12.2. The molecular formula is C13H22N2O3S. The van der Waals surface area contributed by atoms with Crippen molar-refractivity contribution < 1.29 is 13.2 Å². The number of nitrogens with one attached hydrogen (secondary N) is 2. The minimum Gasteiger partial charge on any atom is -0.354 e. The van der Waals surface area contributed by atoms with E-state index in [1.165, 1.54) is 12.8 Å². The monoisotopic (exact) mass is 286 g/mol. The number of fused-ring (bicyclic) bond motifs is 1. The summed E-state index contributed by atoms with van der Waals surface area (Å²) in [6, 6.07) is -0.0505. The third kappa shape index (κ3) is 2.79. The van der Waals surface area contributed by atoms with Gasteiger partial charge in [0.05, 0.1) is 17.5 Å². The molecule has 6 heteroatoms. The van der Waals surface area contributed by atoms with Crippen molar-refractivity contribution in [3.63, 3.8) is 0 Å². The van der Waals surface area contributed by atoms with E-state index >= 15 is 0 Å². The molecular weight excluding hydrogens is 264 g/mol. The summed E-state index contributed by atoms with van der Waals surface area (Å²) < 4.78 is 22.7. The van der Waals surface area contributed by atoms with E-state index in [-0.39, 0.29) is 29.4 Å². The largest absolute Gasteiger partial charge is 0.354 e. The topological polar surface area (TPSA) is 75.3 Å². The van der Waals surface area contributed by atoms with E-state index in [0.29, 0.717) is 24.8 Å². The van der Waals surface area contributed by atoms with Gasteiger partial charge in [-0.2, -0.15) is 0 Å². The van der Waals surface area contributed by atoms with E-state index in [4.69, 9.17) is 0 Å². The zero-order valence-corrected chi connectivity index (χ0v) is 11.9. The van der Waals surface area contributed by atoms with Crippen LogP contribution in [0.3, 0.4) is 0 Å². The molecule has 2 aliphatic heterocycles. The highest BCUT2D eigenvalue weighted by atomic mass is 32.2. The van der Waals surface area contributed by atoms with Crippen LogP contribution in [0.4, 0.5) is 0 Å². The summed E-state index contributed by atoms with van der Waals surface area (Å²) in [6.45, 7) is 1.47. The fourth-order valence-corrected chi connectivity index (χ4v) is 5.72. The molecule has 2 heterocycles. The third-order valence-electron chi connectivity index (χ3n) is 4.92. The summed E-state index contributed by atoms with van der Waals surface area (Å²) in [5.41, 5.74) is 0. The summed E-state index contributed by atoms with van der Waals surface area (Å²) in [7, 11) is -2.84. The van der Waals surface area contributed by atoms with E-state index in [1.54, 1.807) is 0 Å². The summed E-state index contributed by atoms with van der Waals surface area (Å²) in [4.78, 5) is 12.2. The Hall–Kier alpha value is -0.620. The van der Waals surface area contributed by atoms with Gasteiger partial charge in [0, 0.05) is 6.54 Å². The van der Waals surface area contributed by atoms with Gasteiger partial charge in [-0.25, -0.2) is 8.42 Å². The molecule has 0 radical (unpaired) electrons. The molecule has 0 aromatic rings. The van der Waals surface area contributed by atoms with Crippen LogP contribution >= 0.6 is 0 Å². The first-order chi connectivity index (χ1) is 9.05. The van der Waals surface area contributed by atoms with E-state index in [9.17, 15) is 13.2 Å². The number of hydrogen-bond donors (Lipinski definition) is 2. The molecule has 1 amide bonds. The van der Waals surface area contributed by atoms with Crippen LogP contribution in [0.2, 0.25) is 0 Å². The second-order valence-electron chi connectivity index (χ2n) is 6.25. The van der Waals surface area contributed by atoms with Gasteiger partial charge in [-0.1, -0.05) is 6.42 Å². The number of sulfone groups is 1. The van der Waals surface area contributed by atoms with E-state index in [1.807, 2.05) is 0 Å². The lowest BCUT2D eigenvalue weighted by molar-refractivity contribution is -0.123. The molecule has 0 spiro atoms. The van der Waals surface area contributed by atoms with Gasteiger partial charge in [0.15, 0.2) is 9.84 Å². The zero-order valence-electron chi connectivity index (χ0n) is 11.1. The quantitative estimate of drug-likeness (QED) is 0.761. The molecule has 0 bridgehead atoms. The number of carbonyl (C=O) groups is 1. The van der Waals surface area contributed by atoms with Crippen LogP contribution < -0.4 is 10.6 Å². The third-order valence-corrected chi connectivity index (χ3v) is 6.76. The Morgan fingerprint density at radius 1 is 1.26 bits per heavy atom. The van der Waals surface area contributed by atoms with Crippen LogP contribution in [0.15, 0.2) is 0 Å². The number of carbonyl (C=O) groups excluding carboxylic acids is 1. The van der Waals surface area contributed by atoms with Crippen molar-refractivity contribution in [1.82, 2.24) is 10.6 Å². The lowest BCUT2D eigenvalue weighted by Gasteiger charge is -2.19. The summed E-state index contributed by atoms with van der Waals surface area (Å²) in [5.74, 6) is 1.85. The first-order valence-electron chi connectivity index (χ1n) is 7.27. The summed E-state index contributed by atoms with van der Waals surface area (Å²) in [6.07, 6.45) is 4.31. The Labute approximate surface area is 114 Å². The van der Waals surface area contributed by atoms with E-state index in [2.05, 4.69) is 10.6 Å². The van der Waals surface area contributed by atoms with Crippen LogP contribution in [0.1, 0.15) is 25.7 Å².